The van der Waals surface area contributed by atoms with Gasteiger partial charge in [-0.25, -0.2) is 0 Å². The summed E-state index contributed by atoms with van der Waals surface area (Å²) in [5.74, 6) is 0. The van der Waals surface area contributed by atoms with Crippen molar-refractivity contribution < 1.29 is 0 Å². The Bertz CT molecular complexity index is 5820. The lowest BCUT2D eigenvalue weighted by Gasteiger charge is -2.27. The van der Waals surface area contributed by atoms with Gasteiger partial charge in [0.05, 0.1) is 66.9 Å². The van der Waals surface area contributed by atoms with Gasteiger partial charge in [0.25, 0.3) is 0 Å². The predicted octanol–water partition coefficient (Wildman–Crippen LogP) is 20.2. The smallest absolute Gasteiger partial charge is 0.104 e. The van der Waals surface area contributed by atoms with E-state index < -0.39 is 0 Å². The first-order chi connectivity index (χ1) is 41.2. The van der Waals surface area contributed by atoms with Gasteiger partial charge in [-0.15, -0.1) is 11.3 Å². The van der Waals surface area contributed by atoms with E-state index in [1.165, 1.54) is 26.2 Å². The molecule has 0 saturated carbocycles. The zero-order valence-electron chi connectivity index (χ0n) is 44.3. The van der Waals surface area contributed by atoms with Gasteiger partial charge in [-0.3, -0.25) is 0 Å². The maximum atomic E-state index is 13.0. The van der Waals surface area contributed by atoms with Crippen molar-refractivity contribution in [3.63, 3.8) is 0 Å². The molecule has 0 spiro atoms. The summed E-state index contributed by atoms with van der Waals surface area (Å²) in [6.45, 7) is 0. The molecule has 0 bridgehead atoms. The van der Waals surface area contributed by atoms with Crippen molar-refractivity contribution in [2.45, 2.75) is 0 Å². The third-order valence-corrected chi connectivity index (χ3v) is 18.8. The lowest BCUT2D eigenvalue weighted by atomic mass is 9.91. The number of hydrogen-bond donors (Lipinski definition) is 0. The molecule has 18 rings (SSSR count). The Balaban J connectivity index is 1.14. The number of hydrogen-bond acceptors (Lipinski definition) is 3. The van der Waals surface area contributed by atoms with E-state index in [0.29, 0.717) is 33.9 Å². The number of benzene rings is 13. The topological polar surface area (TPSA) is 67.3 Å². The molecule has 6 nitrogen and oxygen atoms in total. The van der Waals surface area contributed by atoms with Crippen molar-refractivity contribution in [1.29, 1.82) is 10.5 Å². The molecule has 0 aliphatic carbocycles. The second-order valence-electron chi connectivity index (χ2n) is 21.6. The molecule has 0 radical (unpaired) electrons. The molecule has 0 unspecified atom stereocenters. The van der Waals surface area contributed by atoms with Crippen LogP contribution in [0.1, 0.15) is 11.1 Å². The minimum Gasteiger partial charge on any atom is -0.306 e. The maximum Gasteiger partial charge on any atom is 0.104 e. The number of nitriles is 2. The Hall–Kier alpha value is -11.2. The highest BCUT2D eigenvalue weighted by atomic mass is 32.1. The summed E-state index contributed by atoms with van der Waals surface area (Å²) in [4.78, 5) is 0. The van der Waals surface area contributed by atoms with E-state index in [-0.39, 0.29) is 0 Å². The van der Waals surface area contributed by atoms with Crippen molar-refractivity contribution in [1.82, 2.24) is 18.3 Å². The predicted molar refractivity (Wildman–Crippen MR) is 347 cm³/mol. The summed E-state index contributed by atoms with van der Waals surface area (Å²) in [6.07, 6.45) is 0. The summed E-state index contributed by atoms with van der Waals surface area (Å²) in [5, 5.41) is 41.4. The van der Waals surface area contributed by atoms with Crippen LogP contribution in [0, 0.1) is 22.7 Å². The van der Waals surface area contributed by atoms with Gasteiger partial charge in [-0.2, -0.15) is 10.5 Å². The summed E-state index contributed by atoms with van der Waals surface area (Å²) in [5.41, 5.74) is 12.9. The fraction of sp³-hybridized carbons (Fsp3) is 0. The lowest BCUT2D eigenvalue weighted by Crippen LogP contribution is -2.16. The van der Waals surface area contributed by atoms with Crippen LogP contribution in [-0.4, -0.2) is 18.3 Å². The van der Waals surface area contributed by atoms with Crippen LogP contribution in [0.5, 0.6) is 0 Å². The van der Waals surface area contributed by atoms with Crippen LogP contribution in [0.3, 0.4) is 0 Å². The molecular formula is C76H42N6S. The molecular weight excluding hydrogens is 1030 g/mol. The first-order valence-corrected chi connectivity index (χ1v) is 28.8. The number of para-hydroxylation sites is 6. The molecule has 0 aliphatic heterocycles. The average molecular weight is 1070 g/mol. The lowest BCUT2D eigenvalue weighted by molar-refractivity contribution is 1.02. The molecule has 0 saturated heterocycles. The van der Waals surface area contributed by atoms with Crippen molar-refractivity contribution in [2.24, 2.45) is 0 Å². The Morgan fingerprint density at radius 2 is 0.627 bits per heavy atom. The highest BCUT2D eigenvalue weighted by Gasteiger charge is 2.35. The van der Waals surface area contributed by atoms with Crippen LogP contribution in [0.4, 0.5) is 0 Å². The van der Waals surface area contributed by atoms with E-state index in [2.05, 4.69) is 285 Å². The third kappa shape index (κ3) is 6.07. The zero-order chi connectivity index (χ0) is 54.6. The van der Waals surface area contributed by atoms with Gasteiger partial charge < -0.3 is 18.3 Å². The standard InChI is InChI=1S/C76H42N6S/c77-43-59-72(79-61-32-12-5-24-49(61)50-25-6-13-33-62(50)79)73(80-63-34-14-7-26-51(63)52-27-8-15-35-64(52)80)60(44-78)75(74(59)81-65-36-16-9-28-53(65)54-29-10-17-37-66(54)81)82-67-38-19-31-56(58-42-45-20-1-2-21-46(45)47-22-3-4-23-48(47)58)70(67)71-68(82)41-40-57-55-30-11-18-39-69(55)83-76(57)71/h1-42H. The normalized spacial score (nSPS) is 12.1. The van der Waals surface area contributed by atoms with Crippen LogP contribution < -0.4 is 0 Å². The Labute approximate surface area is 478 Å². The quantitative estimate of drug-likeness (QED) is 0.161. The number of rotatable bonds is 5. The average Bonchev–Trinajstić information content (AvgIpc) is 1.75. The van der Waals surface area contributed by atoms with Gasteiger partial charge in [0, 0.05) is 63.3 Å². The summed E-state index contributed by atoms with van der Waals surface area (Å²) < 4.78 is 11.5. The molecule has 5 heterocycles. The molecule has 13 aromatic carbocycles. The van der Waals surface area contributed by atoms with Crippen LogP contribution in [0.15, 0.2) is 255 Å². The van der Waals surface area contributed by atoms with Crippen LogP contribution in [-0.2, 0) is 0 Å². The van der Waals surface area contributed by atoms with Gasteiger partial charge >= 0.3 is 0 Å². The van der Waals surface area contributed by atoms with Crippen molar-refractivity contribution in [2.75, 3.05) is 0 Å². The Morgan fingerprint density at radius 3 is 1.10 bits per heavy atom. The first kappa shape index (κ1) is 45.6. The fourth-order valence-electron chi connectivity index (χ4n) is 14.3. The van der Waals surface area contributed by atoms with Crippen LogP contribution in [0.2, 0.25) is 0 Å². The van der Waals surface area contributed by atoms with E-state index in [4.69, 9.17) is 0 Å². The SMILES string of the molecule is N#Cc1c(-n2c3ccccc3c3ccccc32)c(-n2c3ccccc3c3ccccc32)c(C#N)c(-n2c3cccc(-c4cc5ccccc5c5ccccc45)c3c3c4sc5ccccc5c4ccc32)c1-n1c2ccccc2c2ccccc21. The van der Waals surface area contributed by atoms with E-state index in [9.17, 15) is 10.5 Å². The summed E-state index contributed by atoms with van der Waals surface area (Å²) in [6, 6.07) is 96.6. The first-order valence-electron chi connectivity index (χ1n) is 28.0. The molecule has 0 atom stereocenters. The molecule has 83 heavy (non-hydrogen) atoms. The van der Waals surface area contributed by atoms with Crippen LogP contribution >= 0.6 is 11.3 Å². The monoisotopic (exact) mass is 1070 g/mol. The van der Waals surface area contributed by atoms with Crippen molar-refractivity contribution in [3.8, 4) is 46.0 Å². The maximum absolute atomic E-state index is 13.0. The molecule has 0 N–H and O–H groups in total. The summed E-state index contributed by atoms with van der Waals surface area (Å²) in [7, 11) is 0. The molecule has 382 valence electrons. The number of aromatic nitrogens is 4. The van der Waals surface area contributed by atoms with E-state index in [1.54, 1.807) is 0 Å². The van der Waals surface area contributed by atoms with E-state index in [1.807, 2.05) is 11.3 Å². The van der Waals surface area contributed by atoms with Gasteiger partial charge in [0.15, 0.2) is 0 Å². The van der Waals surface area contributed by atoms with Crippen molar-refractivity contribution in [3.05, 3.63) is 266 Å². The fourth-order valence-corrected chi connectivity index (χ4v) is 15.6. The molecule has 0 fully saturated rings. The third-order valence-electron chi connectivity index (χ3n) is 17.6. The Kier molecular flexibility index (Phi) is 9.42. The van der Waals surface area contributed by atoms with Gasteiger partial charge in [-0.05, 0) is 93.3 Å². The van der Waals surface area contributed by atoms with Gasteiger partial charge in [-0.1, -0.05) is 194 Å². The zero-order valence-corrected chi connectivity index (χ0v) is 45.2. The molecule has 0 aliphatic rings. The number of fused-ring (bicyclic) bond motifs is 19. The summed E-state index contributed by atoms with van der Waals surface area (Å²) >= 11 is 1.81. The van der Waals surface area contributed by atoms with Crippen LogP contribution in [0.25, 0.3) is 163 Å². The van der Waals surface area contributed by atoms with Gasteiger partial charge in [0.1, 0.15) is 23.3 Å². The van der Waals surface area contributed by atoms with E-state index in [0.717, 1.165) is 114 Å². The molecule has 18 aromatic rings. The molecule has 7 heteroatoms. The minimum atomic E-state index is 0.418. The Morgan fingerprint density at radius 1 is 0.265 bits per heavy atom. The van der Waals surface area contributed by atoms with Crippen molar-refractivity contribution >= 4 is 140 Å². The highest BCUT2D eigenvalue weighted by Crippen LogP contribution is 2.52. The second kappa shape index (κ2) is 17.1. The second-order valence-corrected chi connectivity index (χ2v) is 22.7. The molecule has 5 aromatic heterocycles. The van der Waals surface area contributed by atoms with Gasteiger partial charge in [0.2, 0.25) is 0 Å². The number of nitrogens with zero attached hydrogens (tertiary/aromatic N) is 6. The molecule has 0 amide bonds. The van der Waals surface area contributed by atoms with E-state index >= 15 is 0 Å². The highest BCUT2D eigenvalue weighted by molar-refractivity contribution is 7.26. The largest absolute Gasteiger partial charge is 0.306 e. The minimum absolute atomic E-state index is 0.418. The number of thiophene rings is 1.